The van der Waals surface area contributed by atoms with E-state index in [0.717, 1.165) is 6.07 Å². The summed E-state index contributed by atoms with van der Waals surface area (Å²) in [6, 6.07) is 5.37. The van der Waals surface area contributed by atoms with Gasteiger partial charge in [-0.05, 0) is 18.6 Å². The number of nitrogens with one attached hydrogen (secondary N) is 1. The van der Waals surface area contributed by atoms with Crippen LogP contribution in [-0.4, -0.2) is 25.2 Å². The fourth-order valence-electron chi connectivity index (χ4n) is 1.18. The molecule has 1 aromatic rings. The maximum Gasteiger partial charge on any atom is 0.303 e. The predicted octanol–water partition coefficient (Wildman–Crippen LogP) is 1.43. The third-order valence-corrected chi connectivity index (χ3v) is 3.30. The lowest BCUT2D eigenvalue weighted by Gasteiger charge is -2.07. The average molecular weight is 261 g/mol. The minimum absolute atomic E-state index is 0.0148. The van der Waals surface area contributed by atoms with E-state index in [2.05, 4.69) is 4.72 Å². The van der Waals surface area contributed by atoms with Crippen LogP contribution >= 0.6 is 0 Å². The second-order valence-electron chi connectivity index (χ2n) is 3.40. The van der Waals surface area contributed by atoms with Crippen LogP contribution in [0.5, 0.6) is 0 Å². The summed E-state index contributed by atoms with van der Waals surface area (Å²) >= 11 is 0. The lowest BCUT2D eigenvalue weighted by atomic mass is 10.3. The highest BCUT2D eigenvalue weighted by atomic mass is 32.2. The summed E-state index contributed by atoms with van der Waals surface area (Å²) in [6.45, 7) is 0. The van der Waals surface area contributed by atoms with Crippen molar-refractivity contribution in [3.63, 3.8) is 0 Å². The van der Waals surface area contributed by atoms with Crippen LogP contribution in [0, 0.1) is 5.82 Å². The van der Waals surface area contributed by atoms with Gasteiger partial charge in [-0.15, -0.1) is 0 Å². The van der Waals surface area contributed by atoms with E-state index in [9.17, 15) is 17.6 Å². The van der Waals surface area contributed by atoms with Crippen LogP contribution in [0.2, 0.25) is 0 Å². The minimum Gasteiger partial charge on any atom is -0.481 e. The molecule has 0 aliphatic rings. The highest BCUT2D eigenvalue weighted by Crippen LogP contribution is 2.14. The molecule has 0 spiro atoms. The van der Waals surface area contributed by atoms with Crippen molar-refractivity contribution in [2.75, 3.05) is 10.5 Å². The van der Waals surface area contributed by atoms with Crippen LogP contribution in [0.4, 0.5) is 10.1 Å². The number of carboxylic acid groups (broad SMARTS) is 1. The summed E-state index contributed by atoms with van der Waals surface area (Å²) in [5, 5.41) is 8.37. The number of sulfonamides is 1. The van der Waals surface area contributed by atoms with E-state index in [1.54, 1.807) is 0 Å². The first-order valence-corrected chi connectivity index (χ1v) is 6.53. The van der Waals surface area contributed by atoms with Crippen LogP contribution in [0.3, 0.4) is 0 Å². The molecule has 0 heterocycles. The fraction of sp³-hybridized carbons (Fsp3) is 0.300. The smallest absolute Gasteiger partial charge is 0.303 e. The molecule has 94 valence electrons. The minimum atomic E-state index is -3.71. The van der Waals surface area contributed by atoms with E-state index < -0.39 is 21.8 Å². The zero-order valence-electron chi connectivity index (χ0n) is 8.89. The van der Waals surface area contributed by atoms with Crippen molar-refractivity contribution in [2.45, 2.75) is 12.8 Å². The van der Waals surface area contributed by atoms with Gasteiger partial charge < -0.3 is 5.11 Å². The Labute approximate surface area is 98.3 Å². The van der Waals surface area contributed by atoms with Crippen molar-refractivity contribution in [3.05, 3.63) is 30.1 Å². The van der Waals surface area contributed by atoms with Gasteiger partial charge in [0.25, 0.3) is 0 Å². The Morgan fingerprint density at radius 1 is 1.35 bits per heavy atom. The van der Waals surface area contributed by atoms with Crippen molar-refractivity contribution in [1.29, 1.82) is 0 Å². The summed E-state index contributed by atoms with van der Waals surface area (Å²) < 4.78 is 38.1. The van der Waals surface area contributed by atoms with Gasteiger partial charge in [0.1, 0.15) is 5.82 Å². The first kappa shape index (κ1) is 13.4. The Hall–Kier alpha value is -1.63. The van der Waals surface area contributed by atoms with Gasteiger partial charge in [-0.1, -0.05) is 12.1 Å². The van der Waals surface area contributed by atoms with Gasteiger partial charge in [-0.3, -0.25) is 9.52 Å². The third-order valence-electron chi connectivity index (χ3n) is 1.94. The average Bonchev–Trinajstić information content (AvgIpc) is 2.20. The molecule has 5 nitrogen and oxygen atoms in total. The van der Waals surface area contributed by atoms with Crippen LogP contribution in [0.15, 0.2) is 24.3 Å². The summed E-state index contributed by atoms with van der Waals surface area (Å²) in [4.78, 5) is 10.2. The second kappa shape index (κ2) is 5.62. The highest BCUT2D eigenvalue weighted by Gasteiger charge is 2.13. The number of benzene rings is 1. The number of rotatable bonds is 6. The first-order valence-electron chi connectivity index (χ1n) is 4.87. The van der Waals surface area contributed by atoms with Crippen molar-refractivity contribution in [2.24, 2.45) is 0 Å². The van der Waals surface area contributed by atoms with E-state index in [-0.39, 0.29) is 24.3 Å². The van der Waals surface area contributed by atoms with Gasteiger partial charge in [0.15, 0.2) is 0 Å². The van der Waals surface area contributed by atoms with Crippen LogP contribution < -0.4 is 4.72 Å². The number of hydrogen-bond acceptors (Lipinski definition) is 3. The molecule has 1 aromatic carbocycles. The van der Waals surface area contributed by atoms with Gasteiger partial charge in [-0.25, -0.2) is 12.8 Å². The molecule has 0 saturated carbocycles. The molecule has 0 unspecified atom stereocenters. The summed E-state index contributed by atoms with van der Waals surface area (Å²) in [7, 11) is -3.71. The van der Waals surface area contributed by atoms with Crippen LogP contribution in [0.1, 0.15) is 12.8 Å². The fourth-order valence-corrected chi connectivity index (χ4v) is 2.30. The molecule has 2 N–H and O–H groups in total. The SMILES string of the molecule is O=C(O)CCCS(=O)(=O)Nc1ccccc1F. The van der Waals surface area contributed by atoms with Gasteiger partial charge in [0, 0.05) is 6.42 Å². The maximum atomic E-state index is 13.1. The number of anilines is 1. The number of halogens is 1. The topological polar surface area (TPSA) is 83.5 Å². The number of carbonyl (C=O) groups is 1. The monoisotopic (exact) mass is 261 g/mol. The van der Waals surface area contributed by atoms with Gasteiger partial charge in [0.05, 0.1) is 11.4 Å². The third kappa shape index (κ3) is 4.81. The molecular weight excluding hydrogens is 249 g/mol. The zero-order chi connectivity index (χ0) is 12.9. The molecule has 1 rings (SSSR count). The van der Waals surface area contributed by atoms with E-state index in [1.165, 1.54) is 18.2 Å². The standard InChI is InChI=1S/C10H12FNO4S/c11-8-4-1-2-5-9(8)12-17(15,16)7-3-6-10(13)14/h1-2,4-5,12H,3,6-7H2,(H,13,14). The molecule has 0 aliphatic heterocycles. The first-order chi connectivity index (χ1) is 7.91. The molecule has 0 saturated heterocycles. The lowest BCUT2D eigenvalue weighted by molar-refractivity contribution is -0.137. The molecular formula is C10H12FNO4S. The van der Waals surface area contributed by atoms with Crippen LogP contribution in [-0.2, 0) is 14.8 Å². The summed E-state index contributed by atoms with van der Waals surface area (Å²) in [6.07, 6.45) is -0.253. The Bertz CT molecular complexity index is 501. The molecule has 0 bridgehead atoms. The molecule has 7 heteroatoms. The molecule has 0 fully saturated rings. The number of aliphatic carboxylic acids is 1. The Morgan fingerprint density at radius 3 is 2.59 bits per heavy atom. The van der Waals surface area contributed by atoms with Crippen molar-refractivity contribution in [1.82, 2.24) is 0 Å². The molecule has 0 aliphatic carbocycles. The highest BCUT2D eigenvalue weighted by molar-refractivity contribution is 7.92. The van der Waals surface area contributed by atoms with Gasteiger partial charge in [-0.2, -0.15) is 0 Å². The maximum absolute atomic E-state index is 13.1. The molecule has 0 aromatic heterocycles. The Morgan fingerprint density at radius 2 is 2.00 bits per heavy atom. The Balaban J connectivity index is 2.61. The van der Waals surface area contributed by atoms with Crippen molar-refractivity contribution in [3.8, 4) is 0 Å². The van der Waals surface area contributed by atoms with E-state index in [4.69, 9.17) is 5.11 Å². The number of para-hydroxylation sites is 1. The summed E-state index contributed by atoms with van der Waals surface area (Å²) in [5.41, 5.74) is -0.136. The normalized spacial score (nSPS) is 11.1. The predicted molar refractivity (Wildman–Crippen MR) is 60.7 cm³/mol. The van der Waals surface area contributed by atoms with Crippen LogP contribution in [0.25, 0.3) is 0 Å². The molecule has 0 atom stereocenters. The second-order valence-corrected chi connectivity index (χ2v) is 5.24. The summed E-state index contributed by atoms with van der Waals surface area (Å²) in [5.74, 6) is -2.09. The number of carboxylic acids is 1. The van der Waals surface area contributed by atoms with Gasteiger partial charge >= 0.3 is 5.97 Å². The van der Waals surface area contributed by atoms with E-state index >= 15 is 0 Å². The lowest BCUT2D eigenvalue weighted by Crippen LogP contribution is -2.18. The quantitative estimate of drug-likeness (QED) is 0.811. The zero-order valence-corrected chi connectivity index (χ0v) is 9.71. The van der Waals surface area contributed by atoms with Gasteiger partial charge in [0.2, 0.25) is 10.0 Å². The molecule has 0 amide bonds. The van der Waals surface area contributed by atoms with Crippen molar-refractivity contribution >= 4 is 21.7 Å². The van der Waals surface area contributed by atoms with E-state index in [1.807, 2.05) is 0 Å². The molecule has 0 radical (unpaired) electrons. The van der Waals surface area contributed by atoms with Crippen molar-refractivity contribution < 1.29 is 22.7 Å². The van der Waals surface area contributed by atoms with E-state index in [0.29, 0.717) is 0 Å². The largest absolute Gasteiger partial charge is 0.481 e. The number of hydrogen-bond donors (Lipinski definition) is 2. The molecule has 17 heavy (non-hydrogen) atoms. The Kier molecular flexibility index (Phi) is 4.45.